The van der Waals surface area contributed by atoms with Gasteiger partial charge in [0.05, 0.1) is 6.04 Å². The fourth-order valence-electron chi connectivity index (χ4n) is 1.67. The van der Waals surface area contributed by atoms with E-state index < -0.39 is 0 Å². The Morgan fingerprint density at radius 3 is 2.62 bits per heavy atom. The number of nitrogens with two attached hydrogens (primary N) is 1. The molecule has 1 saturated carbocycles. The molecule has 1 heterocycles. The van der Waals surface area contributed by atoms with E-state index in [2.05, 4.69) is 10.2 Å². The number of rotatable bonds is 3. The van der Waals surface area contributed by atoms with Gasteiger partial charge in [0.1, 0.15) is 10.0 Å². The van der Waals surface area contributed by atoms with Crippen LogP contribution < -0.4 is 5.73 Å². The molecule has 3 rings (SSSR count). The van der Waals surface area contributed by atoms with Crippen molar-refractivity contribution in [3.63, 3.8) is 0 Å². The van der Waals surface area contributed by atoms with E-state index in [-0.39, 0.29) is 6.04 Å². The molecule has 1 fully saturated rings. The van der Waals surface area contributed by atoms with Crippen molar-refractivity contribution in [3.8, 4) is 0 Å². The Labute approximate surface area is 98.3 Å². The van der Waals surface area contributed by atoms with Gasteiger partial charge in [0.25, 0.3) is 0 Å². The molecule has 1 aromatic carbocycles. The number of nitrogens with zero attached hydrogens (tertiary/aromatic N) is 2. The number of hydrogen-bond acceptors (Lipinski definition) is 4. The average molecular weight is 231 g/mol. The van der Waals surface area contributed by atoms with Crippen molar-refractivity contribution >= 4 is 11.3 Å². The molecule has 1 aliphatic carbocycles. The molecule has 16 heavy (non-hydrogen) atoms. The van der Waals surface area contributed by atoms with Crippen LogP contribution in [0.15, 0.2) is 30.3 Å². The lowest BCUT2D eigenvalue weighted by molar-refractivity contribution is 0.822. The van der Waals surface area contributed by atoms with Gasteiger partial charge in [0, 0.05) is 5.92 Å². The lowest BCUT2D eigenvalue weighted by Crippen LogP contribution is -2.11. The zero-order valence-corrected chi connectivity index (χ0v) is 9.65. The summed E-state index contributed by atoms with van der Waals surface area (Å²) in [5.41, 5.74) is 7.26. The van der Waals surface area contributed by atoms with Crippen LogP contribution in [0.5, 0.6) is 0 Å². The van der Waals surface area contributed by atoms with Gasteiger partial charge in [-0.1, -0.05) is 41.7 Å². The second-order valence-corrected chi connectivity index (χ2v) is 5.18. The molecule has 0 saturated heterocycles. The second-order valence-electron chi connectivity index (χ2n) is 4.14. The average Bonchev–Trinajstić information content (AvgIpc) is 3.08. The molecule has 1 aromatic heterocycles. The van der Waals surface area contributed by atoms with Crippen LogP contribution in [0.25, 0.3) is 0 Å². The first kappa shape index (κ1) is 9.93. The van der Waals surface area contributed by atoms with Crippen molar-refractivity contribution in [2.45, 2.75) is 24.8 Å². The highest BCUT2D eigenvalue weighted by Gasteiger charge is 2.28. The Morgan fingerprint density at radius 1 is 1.19 bits per heavy atom. The third-order valence-corrected chi connectivity index (χ3v) is 3.98. The van der Waals surface area contributed by atoms with E-state index >= 15 is 0 Å². The third-order valence-electron chi connectivity index (χ3n) is 2.81. The van der Waals surface area contributed by atoms with Crippen LogP contribution in [-0.4, -0.2) is 10.2 Å². The standard InChI is InChI=1S/C12H13N3S/c13-10(8-4-2-1-3-5-8)12-15-14-11(16-12)9-6-7-9/h1-5,9-10H,6-7,13H2. The third kappa shape index (κ3) is 1.86. The van der Waals surface area contributed by atoms with E-state index in [4.69, 9.17) is 5.73 Å². The molecular weight excluding hydrogens is 218 g/mol. The smallest absolute Gasteiger partial charge is 0.138 e. The number of benzene rings is 1. The maximum atomic E-state index is 6.16. The van der Waals surface area contributed by atoms with Crippen LogP contribution in [-0.2, 0) is 0 Å². The molecule has 1 unspecified atom stereocenters. The number of hydrogen-bond donors (Lipinski definition) is 1. The van der Waals surface area contributed by atoms with Crippen molar-refractivity contribution in [1.82, 2.24) is 10.2 Å². The van der Waals surface area contributed by atoms with E-state index in [1.54, 1.807) is 11.3 Å². The maximum absolute atomic E-state index is 6.16. The summed E-state index contributed by atoms with van der Waals surface area (Å²) >= 11 is 1.66. The summed E-state index contributed by atoms with van der Waals surface area (Å²) in [4.78, 5) is 0. The Kier molecular flexibility index (Phi) is 2.46. The van der Waals surface area contributed by atoms with Crippen molar-refractivity contribution in [1.29, 1.82) is 0 Å². The van der Waals surface area contributed by atoms with Gasteiger partial charge >= 0.3 is 0 Å². The van der Waals surface area contributed by atoms with Crippen LogP contribution in [0.3, 0.4) is 0 Å². The molecule has 2 aromatic rings. The van der Waals surface area contributed by atoms with Crippen LogP contribution in [0.1, 0.15) is 40.4 Å². The molecule has 0 spiro atoms. The minimum Gasteiger partial charge on any atom is -0.318 e. The highest BCUT2D eigenvalue weighted by molar-refractivity contribution is 7.11. The molecule has 82 valence electrons. The molecule has 0 aliphatic heterocycles. The molecular formula is C12H13N3S. The van der Waals surface area contributed by atoms with Crippen LogP contribution in [0.2, 0.25) is 0 Å². The molecule has 1 atom stereocenters. The topological polar surface area (TPSA) is 51.8 Å². The van der Waals surface area contributed by atoms with Gasteiger partial charge in [-0.25, -0.2) is 0 Å². The van der Waals surface area contributed by atoms with Gasteiger partial charge in [-0.3, -0.25) is 0 Å². The maximum Gasteiger partial charge on any atom is 0.138 e. The van der Waals surface area contributed by atoms with E-state index in [0.29, 0.717) is 5.92 Å². The monoisotopic (exact) mass is 231 g/mol. The Hall–Kier alpha value is -1.26. The SMILES string of the molecule is NC(c1ccccc1)c1nnc(C2CC2)s1. The minimum absolute atomic E-state index is 0.133. The summed E-state index contributed by atoms with van der Waals surface area (Å²) in [5.74, 6) is 0.661. The first-order valence-electron chi connectivity index (χ1n) is 5.48. The Balaban J connectivity index is 1.85. The highest BCUT2D eigenvalue weighted by Crippen LogP contribution is 2.42. The van der Waals surface area contributed by atoms with E-state index in [1.807, 2.05) is 30.3 Å². The van der Waals surface area contributed by atoms with Crippen LogP contribution in [0.4, 0.5) is 0 Å². The van der Waals surface area contributed by atoms with Gasteiger partial charge < -0.3 is 5.73 Å². The molecule has 0 radical (unpaired) electrons. The van der Waals surface area contributed by atoms with Gasteiger partial charge in [0.2, 0.25) is 0 Å². The second kappa shape index (κ2) is 3.96. The van der Waals surface area contributed by atoms with Gasteiger partial charge in [0.15, 0.2) is 0 Å². The lowest BCUT2D eigenvalue weighted by atomic mass is 10.1. The molecule has 0 bridgehead atoms. The first-order chi connectivity index (χ1) is 7.84. The van der Waals surface area contributed by atoms with Crippen molar-refractivity contribution in [2.75, 3.05) is 0 Å². The normalized spacial score (nSPS) is 17.3. The number of aromatic nitrogens is 2. The molecule has 3 nitrogen and oxygen atoms in total. The summed E-state index contributed by atoms with van der Waals surface area (Å²) in [6, 6.07) is 9.92. The summed E-state index contributed by atoms with van der Waals surface area (Å²) in [5, 5.41) is 10.5. The van der Waals surface area contributed by atoms with Gasteiger partial charge in [-0.2, -0.15) is 0 Å². The quantitative estimate of drug-likeness (QED) is 0.882. The molecule has 0 amide bonds. The first-order valence-corrected chi connectivity index (χ1v) is 6.30. The fraction of sp³-hybridized carbons (Fsp3) is 0.333. The van der Waals surface area contributed by atoms with E-state index in [9.17, 15) is 0 Å². The predicted octanol–water partition coefficient (Wildman–Crippen LogP) is 2.46. The zero-order chi connectivity index (χ0) is 11.0. The minimum atomic E-state index is -0.133. The Bertz CT molecular complexity index is 476. The van der Waals surface area contributed by atoms with Gasteiger partial charge in [-0.15, -0.1) is 10.2 Å². The van der Waals surface area contributed by atoms with Crippen molar-refractivity contribution < 1.29 is 0 Å². The van der Waals surface area contributed by atoms with E-state index in [1.165, 1.54) is 12.8 Å². The molecule has 4 heteroatoms. The van der Waals surface area contributed by atoms with Crippen LogP contribution >= 0.6 is 11.3 Å². The lowest BCUT2D eigenvalue weighted by Gasteiger charge is -2.06. The fourth-order valence-corrected chi connectivity index (χ4v) is 2.71. The van der Waals surface area contributed by atoms with Crippen LogP contribution in [0, 0.1) is 0 Å². The molecule has 2 N–H and O–H groups in total. The highest BCUT2D eigenvalue weighted by atomic mass is 32.1. The summed E-state index contributed by atoms with van der Waals surface area (Å²) in [6.45, 7) is 0. The molecule has 1 aliphatic rings. The zero-order valence-electron chi connectivity index (χ0n) is 8.84. The summed E-state index contributed by atoms with van der Waals surface area (Å²) in [7, 11) is 0. The Morgan fingerprint density at radius 2 is 1.94 bits per heavy atom. The van der Waals surface area contributed by atoms with Crippen molar-refractivity contribution in [2.24, 2.45) is 5.73 Å². The van der Waals surface area contributed by atoms with Gasteiger partial charge in [-0.05, 0) is 18.4 Å². The van der Waals surface area contributed by atoms with Crippen molar-refractivity contribution in [3.05, 3.63) is 45.9 Å². The summed E-state index contributed by atoms with van der Waals surface area (Å²) < 4.78 is 0. The largest absolute Gasteiger partial charge is 0.318 e. The predicted molar refractivity (Wildman–Crippen MR) is 64.4 cm³/mol. The summed E-state index contributed by atoms with van der Waals surface area (Å²) in [6.07, 6.45) is 2.52. The van der Waals surface area contributed by atoms with E-state index in [0.717, 1.165) is 15.6 Å².